The first-order chi connectivity index (χ1) is 6.69. The van der Waals surface area contributed by atoms with Gasteiger partial charge in [-0.15, -0.1) is 0 Å². The summed E-state index contributed by atoms with van der Waals surface area (Å²) < 4.78 is 5.05. The molecule has 0 aliphatic rings. The molecule has 14 heavy (non-hydrogen) atoms. The zero-order valence-electron chi connectivity index (χ0n) is 8.00. The number of isocyanates is 1. The van der Waals surface area contributed by atoms with Crippen molar-refractivity contribution in [3.63, 3.8) is 0 Å². The SMILES string of the molecule is COc1cc(Cl)c(C)c(CN=C=O)c1. The lowest BCUT2D eigenvalue weighted by atomic mass is 10.1. The second kappa shape index (κ2) is 4.80. The highest BCUT2D eigenvalue weighted by molar-refractivity contribution is 6.31. The average Bonchev–Trinajstić information content (AvgIpc) is 2.20. The summed E-state index contributed by atoms with van der Waals surface area (Å²) in [5.41, 5.74) is 1.78. The van der Waals surface area contributed by atoms with E-state index in [1.807, 2.05) is 13.0 Å². The summed E-state index contributed by atoms with van der Waals surface area (Å²) in [5, 5.41) is 0.612. The van der Waals surface area contributed by atoms with Crippen molar-refractivity contribution < 1.29 is 9.53 Å². The monoisotopic (exact) mass is 211 g/mol. The molecule has 0 fully saturated rings. The van der Waals surface area contributed by atoms with Gasteiger partial charge >= 0.3 is 0 Å². The predicted octanol–water partition coefficient (Wildman–Crippen LogP) is 2.49. The van der Waals surface area contributed by atoms with Crippen LogP contribution in [-0.4, -0.2) is 13.2 Å². The molecule has 0 aliphatic carbocycles. The molecule has 3 nitrogen and oxygen atoms in total. The summed E-state index contributed by atoms with van der Waals surface area (Å²) >= 11 is 5.96. The van der Waals surface area contributed by atoms with E-state index in [0.717, 1.165) is 11.1 Å². The van der Waals surface area contributed by atoms with Crippen LogP contribution in [0.3, 0.4) is 0 Å². The van der Waals surface area contributed by atoms with Gasteiger partial charge in [0.2, 0.25) is 6.08 Å². The van der Waals surface area contributed by atoms with Crippen molar-refractivity contribution in [2.45, 2.75) is 13.5 Å². The summed E-state index contributed by atoms with van der Waals surface area (Å²) in [5.74, 6) is 0.664. The molecule has 0 saturated carbocycles. The van der Waals surface area contributed by atoms with Crippen molar-refractivity contribution in [3.05, 3.63) is 28.3 Å². The highest BCUT2D eigenvalue weighted by Gasteiger charge is 2.05. The Morgan fingerprint density at radius 3 is 2.86 bits per heavy atom. The molecule has 0 unspecified atom stereocenters. The molecule has 74 valence electrons. The lowest BCUT2D eigenvalue weighted by Crippen LogP contribution is -1.91. The Morgan fingerprint density at radius 1 is 1.57 bits per heavy atom. The van der Waals surface area contributed by atoms with Crippen LogP contribution in [-0.2, 0) is 11.3 Å². The Kier molecular flexibility index (Phi) is 3.69. The highest BCUT2D eigenvalue weighted by Crippen LogP contribution is 2.26. The normalized spacial score (nSPS) is 9.36. The van der Waals surface area contributed by atoms with Crippen LogP contribution in [0.5, 0.6) is 5.75 Å². The molecular formula is C10H10ClNO2. The molecule has 0 aromatic heterocycles. The molecule has 1 aromatic rings. The Bertz CT molecular complexity index is 384. The molecule has 0 heterocycles. The summed E-state index contributed by atoms with van der Waals surface area (Å²) in [7, 11) is 1.56. The first kappa shape index (κ1) is 10.8. The molecule has 0 saturated heterocycles. The second-order valence-corrected chi connectivity index (χ2v) is 3.21. The topological polar surface area (TPSA) is 38.7 Å². The Hall–Kier alpha value is -1.31. The standard InChI is InChI=1S/C10H10ClNO2/c1-7-8(5-12-6-13)3-9(14-2)4-10(7)11/h3-4H,5H2,1-2H3. The first-order valence-corrected chi connectivity index (χ1v) is 4.43. The number of carbonyl (C=O) groups excluding carboxylic acids is 1. The van der Waals surface area contributed by atoms with E-state index in [0.29, 0.717) is 10.8 Å². The third kappa shape index (κ3) is 2.34. The summed E-state index contributed by atoms with van der Waals surface area (Å²) in [6, 6.07) is 3.53. The molecule has 0 atom stereocenters. The summed E-state index contributed by atoms with van der Waals surface area (Å²) in [6.07, 6.45) is 1.49. The predicted molar refractivity (Wildman–Crippen MR) is 54.6 cm³/mol. The maximum atomic E-state index is 9.97. The van der Waals surface area contributed by atoms with E-state index in [9.17, 15) is 4.79 Å². The first-order valence-electron chi connectivity index (χ1n) is 4.05. The average molecular weight is 212 g/mol. The largest absolute Gasteiger partial charge is 0.497 e. The quantitative estimate of drug-likeness (QED) is 0.569. The maximum absolute atomic E-state index is 9.97. The molecule has 0 amide bonds. The van der Waals surface area contributed by atoms with Crippen molar-refractivity contribution in [3.8, 4) is 5.75 Å². The van der Waals surface area contributed by atoms with Crippen LogP contribution in [0.25, 0.3) is 0 Å². The van der Waals surface area contributed by atoms with Gasteiger partial charge in [-0.3, -0.25) is 0 Å². The van der Waals surface area contributed by atoms with Crippen molar-refractivity contribution in [1.82, 2.24) is 0 Å². The Morgan fingerprint density at radius 2 is 2.29 bits per heavy atom. The molecular weight excluding hydrogens is 202 g/mol. The van der Waals surface area contributed by atoms with Gasteiger partial charge in [0.25, 0.3) is 0 Å². The van der Waals surface area contributed by atoms with Gasteiger partial charge in [0.05, 0.1) is 13.7 Å². The summed E-state index contributed by atoms with van der Waals surface area (Å²) in [4.78, 5) is 13.5. The lowest BCUT2D eigenvalue weighted by molar-refractivity contribution is 0.414. The van der Waals surface area contributed by atoms with Gasteiger partial charge in [0.1, 0.15) is 5.75 Å². The number of aliphatic imine (C=N–C) groups is 1. The zero-order chi connectivity index (χ0) is 10.6. The molecule has 0 N–H and O–H groups in total. The van der Waals surface area contributed by atoms with Crippen LogP contribution in [0.15, 0.2) is 17.1 Å². The Balaban J connectivity index is 3.12. The van der Waals surface area contributed by atoms with E-state index in [1.165, 1.54) is 6.08 Å². The van der Waals surface area contributed by atoms with E-state index >= 15 is 0 Å². The van der Waals surface area contributed by atoms with E-state index in [2.05, 4.69) is 4.99 Å². The van der Waals surface area contributed by atoms with E-state index in [-0.39, 0.29) is 6.54 Å². The van der Waals surface area contributed by atoms with E-state index in [4.69, 9.17) is 16.3 Å². The van der Waals surface area contributed by atoms with Gasteiger partial charge in [-0.1, -0.05) is 11.6 Å². The fourth-order valence-electron chi connectivity index (χ4n) is 1.11. The van der Waals surface area contributed by atoms with Crippen LogP contribution >= 0.6 is 11.6 Å². The molecule has 1 rings (SSSR count). The fourth-order valence-corrected chi connectivity index (χ4v) is 1.34. The van der Waals surface area contributed by atoms with Crippen LogP contribution in [0.2, 0.25) is 5.02 Å². The van der Waals surface area contributed by atoms with Crippen LogP contribution in [0.4, 0.5) is 0 Å². The lowest BCUT2D eigenvalue weighted by Gasteiger charge is -2.07. The number of benzene rings is 1. The number of hydrogen-bond donors (Lipinski definition) is 0. The number of ether oxygens (including phenoxy) is 1. The van der Waals surface area contributed by atoms with Crippen molar-refractivity contribution in [2.75, 3.05) is 7.11 Å². The number of hydrogen-bond acceptors (Lipinski definition) is 3. The molecule has 0 bridgehead atoms. The maximum Gasteiger partial charge on any atom is 0.235 e. The smallest absolute Gasteiger partial charge is 0.235 e. The van der Waals surface area contributed by atoms with Crippen molar-refractivity contribution >= 4 is 17.7 Å². The van der Waals surface area contributed by atoms with Gasteiger partial charge < -0.3 is 4.74 Å². The second-order valence-electron chi connectivity index (χ2n) is 2.80. The van der Waals surface area contributed by atoms with E-state index in [1.54, 1.807) is 13.2 Å². The molecule has 1 aromatic carbocycles. The third-order valence-electron chi connectivity index (χ3n) is 1.98. The van der Waals surface area contributed by atoms with Gasteiger partial charge in [-0.05, 0) is 30.2 Å². The van der Waals surface area contributed by atoms with E-state index < -0.39 is 0 Å². The third-order valence-corrected chi connectivity index (χ3v) is 2.37. The van der Waals surface area contributed by atoms with Gasteiger partial charge in [-0.25, -0.2) is 9.79 Å². The minimum absolute atomic E-state index is 0.284. The van der Waals surface area contributed by atoms with Crippen LogP contribution < -0.4 is 4.74 Å². The van der Waals surface area contributed by atoms with Crippen molar-refractivity contribution in [2.24, 2.45) is 4.99 Å². The van der Waals surface area contributed by atoms with Crippen LogP contribution in [0, 0.1) is 6.92 Å². The van der Waals surface area contributed by atoms with Gasteiger partial charge in [-0.2, -0.15) is 0 Å². The van der Waals surface area contributed by atoms with Crippen molar-refractivity contribution in [1.29, 1.82) is 0 Å². The number of rotatable bonds is 3. The number of nitrogens with zero attached hydrogens (tertiary/aromatic N) is 1. The fraction of sp³-hybridized carbons (Fsp3) is 0.300. The zero-order valence-corrected chi connectivity index (χ0v) is 8.76. The van der Waals surface area contributed by atoms with Gasteiger partial charge in [0.15, 0.2) is 0 Å². The molecule has 0 radical (unpaired) electrons. The number of methoxy groups -OCH3 is 1. The number of halogens is 1. The molecule has 0 spiro atoms. The van der Waals surface area contributed by atoms with Gasteiger partial charge in [0, 0.05) is 5.02 Å². The minimum Gasteiger partial charge on any atom is -0.497 e. The highest BCUT2D eigenvalue weighted by atomic mass is 35.5. The van der Waals surface area contributed by atoms with Crippen LogP contribution in [0.1, 0.15) is 11.1 Å². The summed E-state index contributed by atoms with van der Waals surface area (Å²) in [6.45, 7) is 2.16. The minimum atomic E-state index is 0.284. The molecule has 4 heteroatoms. The molecule has 0 aliphatic heterocycles. The Labute approximate surface area is 87.4 Å².